The Morgan fingerprint density at radius 3 is 2.45 bits per heavy atom. The zero-order valence-corrected chi connectivity index (χ0v) is 12.6. The molecule has 2 heteroatoms. The quantitative estimate of drug-likeness (QED) is 0.571. The summed E-state index contributed by atoms with van der Waals surface area (Å²) >= 11 is 3.67. The second kappa shape index (κ2) is 4.64. The van der Waals surface area contributed by atoms with Gasteiger partial charge >= 0.3 is 0 Å². The number of benzene rings is 2. The van der Waals surface area contributed by atoms with Crippen molar-refractivity contribution in [1.82, 2.24) is 4.57 Å². The van der Waals surface area contributed by atoms with E-state index in [1.54, 1.807) is 0 Å². The Balaban J connectivity index is 2.13. The second-order valence-corrected chi connectivity index (χ2v) is 6.16. The van der Waals surface area contributed by atoms with Crippen molar-refractivity contribution in [3.8, 4) is 5.69 Å². The first kappa shape index (κ1) is 12.0. The summed E-state index contributed by atoms with van der Waals surface area (Å²) in [6.07, 6.45) is 4.47. The van der Waals surface area contributed by atoms with E-state index >= 15 is 0 Å². The zero-order valence-electron chi connectivity index (χ0n) is 11.0. The molecule has 1 nitrogen and oxygen atoms in total. The molecule has 1 aliphatic carbocycles. The molecule has 0 aliphatic heterocycles. The number of allylic oxidation sites excluding steroid dienone is 1. The molecule has 0 spiro atoms. The summed E-state index contributed by atoms with van der Waals surface area (Å²) in [4.78, 5) is 0. The van der Waals surface area contributed by atoms with E-state index in [2.05, 4.69) is 81.2 Å². The highest BCUT2D eigenvalue weighted by atomic mass is 79.9. The number of aryl methyl sites for hydroxylation is 1. The maximum absolute atomic E-state index is 3.67. The number of hydrogen-bond donors (Lipinski definition) is 0. The summed E-state index contributed by atoms with van der Waals surface area (Å²) in [5.41, 5.74) is 5.30. The van der Waals surface area contributed by atoms with Gasteiger partial charge in [-0.25, -0.2) is 0 Å². The minimum Gasteiger partial charge on any atom is -0.310 e. The van der Waals surface area contributed by atoms with Crippen molar-refractivity contribution >= 4 is 32.9 Å². The third kappa shape index (κ3) is 1.75. The first-order valence-electron chi connectivity index (χ1n) is 6.88. The Bertz CT molecular complexity index is 812. The standard InChI is InChI=1S/C18H14BrN/c19-13-10-11-16-15-8-4-5-9-17(15)20(18(16)12-13)14-6-2-1-3-7-14/h1-9,12H,10-11H2. The van der Waals surface area contributed by atoms with Crippen molar-refractivity contribution < 1.29 is 0 Å². The topological polar surface area (TPSA) is 4.93 Å². The molecule has 0 saturated carbocycles. The Morgan fingerprint density at radius 2 is 1.60 bits per heavy atom. The van der Waals surface area contributed by atoms with Gasteiger partial charge in [0.1, 0.15) is 0 Å². The summed E-state index contributed by atoms with van der Waals surface area (Å²) < 4.78 is 3.65. The molecule has 0 amide bonds. The van der Waals surface area contributed by atoms with Crippen LogP contribution in [0.5, 0.6) is 0 Å². The predicted octanol–water partition coefficient (Wildman–Crippen LogP) is 5.31. The van der Waals surface area contributed by atoms with Crippen molar-refractivity contribution in [1.29, 1.82) is 0 Å². The van der Waals surface area contributed by atoms with E-state index in [1.165, 1.54) is 32.3 Å². The highest BCUT2D eigenvalue weighted by Gasteiger charge is 2.19. The molecular formula is C18H14BrN. The van der Waals surface area contributed by atoms with Gasteiger partial charge in [0.05, 0.1) is 11.2 Å². The van der Waals surface area contributed by atoms with Crippen LogP contribution in [0.15, 0.2) is 59.1 Å². The zero-order chi connectivity index (χ0) is 13.5. The first-order valence-corrected chi connectivity index (χ1v) is 7.68. The largest absolute Gasteiger partial charge is 0.310 e. The molecule has 2 aromatic carbocycles. The first-order chi connectivity index (χ1) is 9.84. The summed E-state index contributed by atoms with van der Waals surface area (Å²) in [6, 6.07) is 19.3. The Hall–Kier alpha value is -1.80. The van der Waals surface area contributed by atoms with Crippen LogP contribution in [-0.2, 0) is 6.42 Å². The molecule has 0 atom stereocenters. The van der Waals surface area contributed by atoms with Crippen molar-refractivity contribution in [2.24, 2.45) is 0 Å². The molecule has 0 radical (unpaired) electrons. The molecule has 0 fully saturated rings. The molecule has 0 bridgehead atoms. The van der Waals surface area contributed by atoms with Crippen LogP contribution in [0.1, 0.15) is 17.7 Å². The van der Waals surface area contributed by atoms with Crippen LogP contribution in [0.25, 0.3) is 22.7 Å². The van der Waals surface area contributed by atoms with E-state index in [9.17, 15) is 0 Å². The van der Waals surface area contributed by atoms with E-state index in [0.717, 1.165) is 12.8 Å². The van der Waals surface area contributed by atoms with E-state index < -0.39 is 0 Å². The number of para-hydroxylation sites is 2. The summed E-state index contributed by atoms with van der Waals surface area (Å²) in [5.74, 6) is 0. The minimum absolute atomic E-state index is 1.09. The number of aromatic nitrogens is 1. The molecule has 1 aromatic heterocycles. The fourth-order valence-electron chi connectivity index (χ4n) is 3.06. The van der Waals surface area contributed by atoms with Gasteiger partial charge in [-0.05, 0) is 47.2 Å². The van der Waals surface area contributed by atoms with Gasteiger partial charge in [-0.15, -0.1) is 0 Å². The number of rotatable bonds is 1. The number of fused-ring (bicyclic) bond motifs is 3. The van der Waals surface area contributed by atoms with Gasteiger partial charge in [-0.1, -0.05) is 52.3 Å². The maximum Gasteiger partial charge on any atom is 0.0537 e. The molecule has 0 N–H and O–H groups in total. The van der Waals surface area contributed by atoms with Crippen LogP contribution < -0.4 is 0 Å². The molecule has 0 unspecified atom stereocenters. The SMILES string of the molecule is BrC1=Cc2c(c3ccccc3n2-c2ccccc2)CC1. The summed E-state index contributed by atoms with van der Waals surface area (Å²) in [7, 11) is 0. The number of hydrogen-bond acceptors (Lipinski definition) is 0. The van der Waals surface area contributed by atoms with E-state index in [-0.39, 0.29) is 0 Å². The highest BCUT2D eigenvalue weighted by Crippen LogP contribution is 2.36. The minimum atomic E-state index is 1.09. The summed E-state index contributed by atoms with van der Waals surface area (Å²) in [5, 5.41) is 1.38. The van der Waals surface area contributed by atoms with Gasteiger partial charge in [0.25, 0.3) is 0 Å². The van der Waals surface area contributed by atoms with E-state index in [0.29, 0.717) is 0 Å². The summed E-state index contributed by atoms with van der Waals surface area (Å²) in [6.45, 7) is 0. The molecule has 20 heavy (non-hydrogen) atoms. The van der Waals surface area contributed by atoms with Crippen LogP contribution in [0, 0.1) is 0 Å². The lowest BCUT2D eigenvalue weighted by molar-refractivity contribution is 0.960. The fraction of sp³-hybridized carbons (Fsp3) is 0.111. The third-order valence-corrected chi connectivity index (χ3v) is 4.57. The maximum atomic E-state index is 3.67. The molecule has 3 aromatic rings. The highest BCUT2D eigenvalue weighted by molar-refractivity contribution is 9.11. The number of nitrogens with zero attached hydrogens (tertiary/aromatic N) is 1. The van der Waals surface area contributed by atoms with Crippen molar-refractivity contribution in [2.45, 2.75) is 12.8 Å². The predicted molar refractivity (Wildman–Crippen MR) is 88.5 cm³/mol. The van der Waals surface area contributed by atoms with Gasteiger partial charge in [-0.3, -0.25) is 0 Å². The van der Waals surface area contributed by atoms with Crippen molar-refractivity contribution in [3.05, 3.63) is 70.3 Å². The lowest BCUT2D eigenvalue weighted by Gasteiger charge is -2.13. The van der Waals surface area contributed by atoms with Crippen LogP contribution in [-0.4, -0.2) is 4.57 Å². The monoisotopic (exact) mass is 323 g/mol. The fourth-order valence-corrected chi connectivity index (χ4v) is 3.48. The third-order valence-electron chi connectivity index (χ3n) is 3.94. The van der Waals surface area contributed by atoms with Gasteiger partial charge in [0.2, 0.25) is 0 Å². The normalized spacial score (nSPS) is 14.2. The van der Waals surface area contributed by atoms with Crippen LogP contribution in [0.4, 0.5) is 0 Å². The van der Waals surface area contributed by atoms with Gasteiger partial charge in [0, 0.05) is 11.1 Å². The smallest absolute Gasteiger partial charge is 0.0537 e. The average molecular weight is 324 g/mol. The molecule has 4 rings (SSSR count). The molecular weight excluding hydrogens is 310 g/mol. The van der Waals surface area contributed by atoms with Gasteiger partial charge in [-0.2, -0.15) is 0 Å². The lowest BCUT2D eigenvalue weighted by Crippen LogP contribution is -2.01. The molecule has 98 valence electrons. The van der Waals surface area contributed by atoms with E-state index in [4.69, 9.17) is 0 Å². The number of halogens is 1. The van der Waals surface area contributed by atoms with Crippen LogP contribution >= 0.6 is 15.9 Å². The van der Waals surface area contributed by atoms with Crippen molar-refractivity contribution in [2.75, 3.05) is 0 Å². The molecule has 1 aliphatic rings. The average Bonchev–Trinajstić information content (AvgIpc) is 2.81. The molecule has 1 heterocycles. The molecule has 0 saturated heterocycles. The Labute approximate surface area is 126 Å². The van der Waals surface area contributed by atoms with Gasteiger partial charge < -0.3 is 4.57 Å². The van der Waals surface area contributed by atoms with Crippen molar-refractivity contribution in [3.63, 3.8) is 0 Å². The second-order valence-electron chi connectivity index (χ2n) is 5.14. The van der Waals surface area contributed by atoms with Crippen LogP contribution in [0.3, 0.4) is 0 Å². The Kier molecular flexibility index (Phi) is 2.78. The van der Waals surface area contributed by atoms with Crippen LogP contribution in [0.2, 0.25) is 0 Å². The Morgan fingerprint density at radius 1 is 0.850 bits per heavy atom. The van der Waals surface area contributed by atoms with E-state index in [1.807, 2.05) is 0 Å². The lowest BCUT2D eigenvalue weighted by atomic mass is 10.0. The van der Waals surface area contributed by atoms with Gasteiger partial charge in [0.15, 0.2) is 0 Å².